The maximum atomic E-state index is 11.7. The molecule has 1 aliphatic heterocycles. The SMILES string of the molecule is CC(=O)N1CCC(NC(=O)NCCCN(C)C)CC1. The van der Waals surface area contributed by atoms with Crippen molar-refractivity contribution in [3.8, 4) is 0 Å². The number of nitrogens with one attached hydrogen (secondary N) is 2. The Bertz CT molecular complexity index is 299. The highest BCUT2D eigenvalue weighted by Gasteiger charge is 2.21. The number of carbonyl (C=O) groups excluding carboxylic acids is 2. The van der Waals surface area contributed by atoms with Crippen LogP contribution in [0, 0.1) is 0 Å². The van der Waals surface area contributed by atoms with Crippen LogP contribution in [0.15, 0.2) is 0 Å². The second-order valence-corrected chi connectivity index (χ2v) is 5.34. The fraction of sp³-hybridized carbons (Fsp3) is 0.846. The quantitative estimate of drug-likeness (QED) is 0.704. The van der Waals surface area contributed by atoms with Crippen LogP contribution in [-0.4, -0.2) is 68.1 Å². The molecule has 0 aromatic heterocycles. The summed E-state index contributed by atoms with van der Waals surface area (Å²) in [6, 6.07) is 0.0875. The van der Waals surface area contributed by atoms with Crippen LogP contribution in [0.25, 0.3) is 0 Å². The topological polar surface area (TPSA) is 64.7 Å². The number of amides is 3. The molecule has 1 heterocycles. The molecule has 6 heteroatoms. The number of likely N-dealkylation sites (tertiary alicyclic amines) is 1. The lowest BCUT2D eigenvalue weighted by molar-refractivity contribution is -0.129. The Labute approximate surface area is 115 Å². The van der Waals surface area contributed by atoms with Gasteiger partial charge in [-0.05, 0) is 39.9 Å². The highest BCUT2D eigenvalue weighted by atomic mass is 16.2. The van der Waals surface area contributed by atoms with Crippen molar-refractivity contribution < 1.29 is 9.59 Å². The average Bonchev–Trinajstić information content (AvgIpc) is 2.35. The monoisotopic (exact) mass is 270 g/mol. The van der Waals surface area contributed by atoms with Gasteiger partial charge < -0.3 is 20.4 Å². The first kappa shape index (κ1) is 15.8. The molecule has 1 rings (SSSR count). The molecule has 1 fully saturated rings. The number of carbonyl (C=O) groups is 2. The van der Waals surface area contributed by atoms with Gasteiger partial charge in [-0.15, -0.1) is 0 Å². The first-order valence-corrected chi connectivity index (χ1v) is 6.93. The fourth-order valence-corrected chi connectivity index (χ4v) is 2.17. The molecule has 1 aliphatic rings. The van der Waals surface area contributed by atoms with Crippen LogP contribution in [0.4, 0.5) is 4.79 Å². The number of nitrogens with zero attached hydrogens (tertiary/aromatic N) is 2. The van der Waals surface area contributed by atoms with Crippen molar-refractivity contribution in [2.45, 2.75) is 32.2 Å². The van der Waals surface area contributed by atoms with Gasteiger partial charge in [-0.3, -0.25) is 4.79 Å². The van der Waals surface area contributed by atoms with Crippen LogP contribution >= 0.6 is 0 Å². The molecular formula is C13H26N4O2. The number of hydrogen-bond donors (Lipinski definition) is 2. The molecule has 6 nitrogen and oxygen atoms in total. The van der Waals surface area contributed by atoms with E-state index in [2.05, 4.69) is 15.5 Å². The zero-order chi connectivity index (χ0) is 14.3. The van der Waals surface area contributed by atoms with E-state index < -0.39 is 0 Å². The van der Waals surface area contributed by atoms with Crippen LogP contribution in [0.1, 0.15) is 26.2 Å². The number of piperidine rings is 1. The Balaban J connectivity index is 2.11. The predicted octanol–water partition coefficient (Wildman–Crippen LogP) is 0.248. The summed E-state index contributed by atoms with van der Waals surface area (Å²) in [7, 11) is 4.03. The second-order valence-electron chi connectivity index (χ2n) is 5.34. The fourth-order valence-electron chi connectivity index (χ4n) is 2.17. The van der Waals surface area contributed by atoms with Gasteiger partial charge in [0.2, 0.25) is 5.91 Å². The molecule has 0 unspecified atom stereocenters. The minimum absolute atomic E-state index is 0.0972. The van der Waals surface area contributed by atoms with Gasteiger partial charge in [0.15, 0.2) is 0 Å². The van der Waals surface area contributed by atoms with Gasteiger partial charge in [0.1, 0.15) is 0 Å². The van der Waals surface area contributed by atoms with E-state index >= 15 is 0 Å². The third kappa shape index (κ3) is 6.42. The Hall–Kier alpha value is -1.30. The highest BCUT2D eigenvalue weighted by Crippen LogP contribution is 2.09. The van der Waals surface area contributed by atoms with Gasteiger partial charge in [0, 0.05) is 32.6 Å². The molecule has 1 saturated heterocycles. The molecule has 19 heavy (non-hydrogen) atoms. The van der Waals surface area contributed by atoms with E-state index in [0.29, 0.717) is 6.54 Å². The van der Waals surface area contributed by atoms with E-state index in [4.69, 9.17) is 0 Å². The summed E-state index contributed by atoms with van der Waals surface area (Å²) in [6.07, 6.45) is 2.62. The first-order chi connectivity index (χ1) is 8.99. The van der Waals surface area contributed by atoms with Crippen molar-refractivity contribution in [1.29, 1.82) is 0 Å². The van der Waals surface area contributed by atoms with E-state index in [9.17, 15) is 9.59 Å². The summed E-state index contributed by atoms with van der Waals surface area (Å²) >= 11 is 0. The van der Waals surface area contributed by atoms with Crippen molar-refractivity contribution in [3.63, 3.8) is 0 Å². The molecular weight excluding hydrogens is 244 g/mol. The molecule has 0 aromatic carbocycles. The molecule has 0 radical (unpaired) electrons. The molecule has 0 aromatic rings. The Morgan fingerprint density at radius 1 is 1.26 bits per heavy atom. The van der Waals surface area contributed by atoms with Gasteiger partial charge in [-0.1, -0.05) is 0 Å². The van der Waals surface area contributed by atoms with Crippen molar-refractivity contribution >= 4 is 11.9 Å². The van der Waals surface area contributed by atoms with E-state index in [0.717, 1.165) is 38.9 Å². The van der Waals surface area contributed by atoms with E-state index in [1.165, 1.54) is 0 Å². The maximum Gasteiger partial charge on any atom is 0.315 e. The largest absolute Gasteiger partial charge is 0.343 e. The first-order valence-electron chi connectivity index (χ1n) is 6.93. The lowest BCUT2D eigenvalue weighted by Crippen LogP contribution is -2.49. The summed E-state index contributed by atoms with van der Waals surface area (Å²) in [4.78, 5) is 26.8. The van der Waals surface area contributed by atoms with Crippen LogP contribution in [0.3, 0.4) is 0 Å². The lowest BCUT2D eigenvalue weighted by Gasteiger charge is -2.31. The molecule has 0 spiro atoms. The normalized spacial score (nSPS) is 16.5. The van der Waals surface area contributed by atoms with Crippen molar-refractivity contribution in [2.24, 2.45) is 0 Å². The molecule has 0 bridgehead atoms. The van der Waals surface area contributed by atoms with Gasteiger partial charge in [-0.25, -0.2) is 4.79 Å². The lowest BCUT2D eigenvalue weighted by atomic mass is 10.1. The van der Waals surface area contributed by atoms with E-state index in [-0.39, 0.29) is 18.0 Å². The predicted molar refractivity (Wildman–Crippen MR) is 75.0 cm³/mol. The standard InChI is InChI=1S/C13H26N4O2/c1-11(18)17-9-5-12(6-10-17)15-13(19)14-7-4-8-16(2)3/h12H,4-10H2,1-3H3,(H2,14,15,19). The number of hydrogen-bond acceptors (Lipinski definition) is 3. The second kappa shape index (κ2) is 7.99. The smallest absolute Gasteiger partial charge is 0.315 e. The van der Waals surface area contributed by atoms with Gasteiger partial charge in [0.05, 0.1) is 0 Å². The third-order valence-corrected chi connectivity index (χ3v) is 3.34. The summed E-state index contributed by atoms with van der Waals surface area (Å²) in [6.45, 7) is 4.72. The van der Waals surface area contributed by atoms with Crippen molar-refractivity contribution in [3.05, 3.63) is 0 Å². The van der Waals surface area contributed by atoms with Gasteiger partial charge >= 0.3 is 6.03 Å². The van der Waals surface area contributed by atoms with Gasteiger partial charge in [0.25, 0.3) is 0 Å². The van der Waals surface area contributed by atoms with Crippen molar-refractivity contribution in [1.82, 2.24) is 20.4 Å². The van der Waals surface area contributed by atoms with E-state index in [1.54, 1.807) is 6.92 Å². The van der Waals surface area contributed by atoms with Crippen molar-refractivity contribution in [2.75, 3.05) is 40.3 Å². The number of rotatable bonds is 5. The molecule has 2 N–H and O–H groups in total. The molecule has 0 saturated carbocycles. The molecule has 3 amide bonds. The van der Waals surface area contributed by atoms with Gasteiger partial charge in [-0.2, -0.15) is 0 Å². The molecule has 0 atom stereocenters. The minimum atomic E-state index is -0.0972. The Morgan fingerprint density at radius 3 is 2.42 bits per heavy atom. The Kier molecular flexibility index (Phi) is 6.62. The van der Waals surface area contributed by atoms with E-state index in [1.807, 2.05) is 19.0 Å². The highest BCUT2D eigenvalue weighted by molar-refractivity contribution is 5.74. The Morgan fingerprint density at radius 2 is 1.89 bits per heavy atom. The third-order valence-electron chi connectivity index (χ3n) is 3.34. The van der Waals surface area contributed by atoms with Crippen LogP contribution in [0.5, 0.6) is 0 Å². The summed E-state index contributed by atoms with van der Waals surface area (Å²) < 4.78 is 0. The molecule has 0 aliphatic carbocycles. The number of urea groups is 1. The molecule has 110 valence electrons. The zero-order valence-corrected chi connectivity index (χ0v) is 12.2. The van der Waals surface area contributed by atoms with Crippen LogP contribution < -0.4 is 10.6 Å². The minimum Gasteiger partial charge on any atom is -0.343 e. The van der Waals surface area contributed by atoms with Crippen LogP contribution in [-0.2, 0) is 4.79 Å². The van der Waals surface area contributed by atoms with Crippen LogP contribution in [0.2, 0.25) is 0 Å². The summed E-state index contributed by atoms with van der Waals surface area (Å²) in [5, 5.41) is 5.83. The maximum absolute atomic E-state index is 11.7. The summed E-state index contributed by atoms with van der Waals surface area (Å²) in [5.41, 5.74) is 0. The zero-order valence-electron chi connectivity index (χ0n) is 12.2. The summed E-state index contributed by atoms with van der Waals surface area (Å²) in [5.74, 6) is 0.117. The average molecular weight is 270 g/mol.